The number of hydrogen-bond donors (Lipinski definition) is 1. The zero-order valence-corrected chi connectivity index (χ0v) is 11.2. The first-order valence-corrected chi connectivity index (χ1v) is 6.57. The molecule has 1 unspecified atom stereocenters. The van der Waals surface area contributed by atoms with Crippen molar-refractivity contribution in [3.05, 3.63) is 18.0 Å². The second-order valence-corrected chi connectivity index (χ2v) is 5.49. The highest BCUT2D eigenvalue weighted by Crippen LogP contribution is 2.35. The summed E-state index contributed by atoms with van der Waals surface area (Å²) in [6, 6.07) is 0.313. The molecule has 1 aromatic rings. The van der Waals surface area contributed by atoms with Gasteiger partial charge in [0.25, 0.3) is 0 Å². The molecule has 17 heavy (non-hydrogen) atoms. The zero-order valence-electron chi connectivity index (χ0n) is 11.2. The van der Waals surface area contributed by atoms with Crippen LogP contribution in [0.1, 0.15) is 45.2 Å². The molecule has 96 valence electrons. The normalized spacial score (nSPS) is 21.9. The lowest BCUT2D eigenvalue weighted by Gasteiger charge is -2.37. The van der Waals surface area contributed by atoms with Crippen molar-refractivity contribution in [1.29, 1.82) is 0 Å². The Bertz CT molecular complexity index is 369. The number of nitrogens with two attached hydrogens (primary N) is 1. The van der Waals surface area contributed by atoms with Crippen LogP contribution in [0.4, 0.5) is 0 Å². The highest BCUT2D eigenvalue weighted by atomic mass is 15.3. The summed E-state index contributed by atoms with van der Waals surface area (Å²) in [5, 5.41) is 4.36. The summed E-state index contributed by atoms with van der Waals surface area (Å²) in [6.07, 6.45) is 6.62. The monoisotopic (exact) mass is 236 g/mol. The minimum atomic E-state index is 0.262. The summed E-state index contributed by atoms with van der Waals surface area (Å²) in [7, 11) is 0. The highest BCUT2D eigenvalue weighted by Gasteiger charge is 2.37. The maximum absolute atomic E-state index is 5.98. The molecule has 0 aliphatic carbocycles. The number of aryl methyl sites for hydroxylation is 1. The van der Waals surface area contributed by atoms with E-state index < -0.39 is 0 Å². The molecule has 0 saturated carbocycles. The molecule has 2 N–H and O–H groups in total. The second-order valence-electron chi connectivity index (χ2n) is 5.49. The van der Waals surface area contributed by atoms with Gasteiger partial charge in [0.2, 0.25) is 0 Å². The van der Waals surface area contributed by atoms with E-state index in [1.165, 1.54) is 18.4 Å². The van der Waals surface area contributed by atoms with Gasteiger partial charge in [0.1, 0.15) is 0 Å². The van der Waals surface area contributed by atoms with Gasteiger partial charge in [0.05, 0.1) is 12.2 Å². The van der Waals surface area contributed by atoms with E-state index in [-0.39, 0.29) is 5.54 Å². The Hall–Kier alpha value is -0.870. The lowest BCUT2D eigenvalue weighted by molar-refractivity contribution is 0.119. The second kappa shape index (κ2) is 4.78. The van der Waals surface area contributed by atoms with Gasteiger partial charge in [-0.2, -0.15) is 5.10 Å². The van der Waals surface area contributed by atoms with Gasteiger partial charge >= 0.3 is 0 Å². The number of hydrogen-bond acceptors (Lipinski definition) is 3. The lowest BCUT2D eigenvalue weighted by atomic mass is 9.99. The molecule has 1 fully saturated rings. The molecule has 0 amide bonds. The van der Waals surface area contributed by atoms with E-state index >= 15 is 0 Å². The fraction of sp³-hybridized carbons (Fsp3) is 0.769. The maximum atomic E-state index is 5.98. The molecule has 0 aromatic carbocycles. The minimum absolute atomic E-state index is 0.262. The molecule has 1 aromatic heterocycles. The molecule has 0 radical (unpaired) electrons. The largest absolute Gasteiger partial charge is 0.329 e. The van der Waals surface area contributed by atoms with Crippen molar-refractivity contribution in [2.45, 2.75) is 51.7 Å². The molecule has 2 rings (SSSR count). The van der Waals surface area contributed by atoms with Crippen LogP contribution in [0.15, 0.2) is 12.4 Å². The first-order chi connectivity index (χ1) is 8.08. The highest BCUT2D eigenvalue weighted by molar-refractivity contribution is 5.13. The third-order valence-electron chi connectivity index (χ3n) is 3.93. The van der Waals surface area contributed by atoms with Crippen molar-refractivity contribution in [2.24, 2.45) is 5.73 Å². The summed E-state index contributed by atoms with van der Waals surface area (Å²) < 4.78 is 1.97. The van der Waals surface area contributed by atoms with Gasteiger partial charge < -0.3 is 5.73 Å². The van der Waals surface area contributed by atoms with Crippen molar-refractivity contribution < 1.29 is 0 Å². The van der Waals surface area contributed by atoms with Crippen LogP contribution < -0.4 is 5.73 Å². The van der Waals surface area contributed by atoms with Gasteiger partial charge in [-0.25, -0.2) is 0 Å². The van der Waals surface area contributed by atoms with Crippen molar-refractivity contribution in [3.8, 4) is 0 Å². The first kappa shape index (κ1) is 12.6. The van der Waals surface area contributed by atoms with Crippen LogP contribution in [-0.4, -0.2) is 33.3 Å². The molecule has 1 atom stereocenters. The van der Waals surface area contributed by atoms with Gasteiger partial charge in [-0.3, -0.25) is 9.58 Å². The van der Waals surface area contributed by atoms with Crippen molar-refractivity contribution in [3.63, 3.8) is 0 Å². The summed E-state index contributed by atoms with van der Waals surface area (Å²) in [5.41, 5.74) is 7.49. The Balaban J connectivity index is 2.21. The third kappa shape index (κ3) is 2.38. The van der Waals surface area contributed by atoms with Crippen LogP contribution in [0, 0.1) is 0 Å². The van der Waals surface area contributed by atoms with Crippen molar-refractivity contribution in [2.75, 3.05) is 13.1 Å². The fourth-order valence-electron chi connectivity index (χ4n) is 2.87. The van der Waals surface area contributed by atoms with E-state index in [1.54, 1.807) is 0 Å². The summed E-state index contributed by atoms with van der Waals surface area (Å²) in [6.45, 7) is 9.46. The quantitative estimate of drug-likeness (QED) is 0.867. The molecule has 2 heterocycles. The Morgan fingerprint density at radius 2 is 2.29 bits per heavy atom. The standard InChI is InChI=1S/C13H24N4/c1-4-16-10-11(9-15-16)12(8-14)17-7-5-6-13(17,2)3/h9-10,12H,4-8,14H2,1-3H3. The lowest BCUT2D eigenvalue weighted by Crippen LogP contribution is -2.43. The average Bonchev–Trinajstić information content (AvgIpc) is 2.88. The summed E-state index contributed by atoms with van der Waals surface area (Å²) >= 11 is 0. The van der Waals surface area contributed by atoms with Crippen LogP contribution >= 0.6 is 0 Å². The molecule has 1 aliphatic heterocycles. The Labute approximate surface area is 104 Å². The van der Waals surface area contributed by atoms with E-state index in [4.69, 9.17) is 5.73 Å². The zero-order chi connectivity index (χ0) is 12.5. The van der Waals surface area contributed by atoms with Crippen molar-refractivity contribution in [1.82, 2.24) is 14.7 Å². The first-order valence-electron chi connectivity index (χ1n) is 6.57. The molecule has 1 saturated heterocycles. The summed E-state index contributed by atoms with van der Waals surface area (Å²) in [5.74, 6) is 0. The van der Waals surface area contributed by atoms with E-state index in [9.17, 15) is 0 Å². The van der Waals surface area contributed by atoms with E-state index in [0.717, 1.165) is 13.1 Å². The van der Waals surface area contributed by atoms with Gasteiger partial charge in [-0.1, -0.05) is 0 Å². The predicted molar refractivity (Wildman–Crippen MR) is 69.7 cm³/mol. The van der Waals surface area contributed by atoms with Gasteiger partial charge in [-0.05, 0) is 40.2 Å². The van der Waals surface area contributed by atoms with E-state index in [2.05, 4.69) is 37.0 Å². The SMILES string of the molecule is CCn1cc(C(CN)N2CCCC2(C)C)cn1. The topological polar surface area (TPSA) is 47.1 Å². The molecule has 0 bridgehead atoms. The molecular formula is C13H24N4. The Morgan fingerprint density at radius 3 is 2.76 bits per heavy atom. The predicted octanol–water partition coefficient (Wildman–Crippen LogP) is 1.78. The van der Waals surface area contributed by atoms with Crippen molar-refractivity contribution >= 4 is 0 Å². The number of nitrogens with zero attached hydrogens (tertiary/aromatic N) is 3. The van der Waals surface area contributed by atoms with E-state index in [1.807, 2.05) is 10.9 Å². The molecule has 1 aliphatic rings. The van der Waals surface area contributed by atoms with E-state index in [0.29, 0.717) is 12.6 Å². The van der Waals surface area contributed by atoms with Gasteiger partial charge in [-0.15, -0.1) is 0 Å². The summed E-state index contributed by atoms with van der Waals surface area (Å²) in [4.78, 5) is 2.53. The molecular weight excluding hydrogens is 212 g/mol. The fourth-order valence-corrected chi connectivity index (χ4v) is 2.87. The van der Waals surface area contributed by atoms with Gasteiger partial charge in [0, 0.05) is 30.4 Å². The number of rotatable bonds is 4. The minimum Gasteiger partial charge on any atom is -0.329 e. The van der Waals surface area contributed by atoms with Gasteiger partial charge in [0.15, 0.2) is 0 Å². The van der Waals surface area contributed by atoms with Crippen LogP contribution in [0.5, 0.6) is 0 Å². The average molecular weight is 236 g/mol. The van der Waals surface area contributed by atoms with Crippen LogP contribution in [-0.2, 0) is 6.54 Å². The Morgan fingerprint density at radius 1 is 1.53 bits per heavy atom. The Kier molecular flexibility index (Phi) is 3.54. The third-order valence-corrected chi connectivity index (χ3v) is 3.93. The van der Waals surface area contributed by atoms with Crippen LogP contribution in [0.25, 0.3) is 0 Å². The van der Waals surface area contributed by atoms with Crippen LogP contribution in [0.3, 0.4) is 0 Å². The number of aromatic nitrogens is 2. The number of likely N-dealkylation sites (tertiary alicyclic amines) is 1. The molecule has 4 nitrogen and oxygen atoms in total. The maximum Gasteiger partial charge on any atom is 0.0538 e. The van der Waals surface area contributed by atoms with Crippen LogP contribution in [0.2, 0.25) is 0 Å². The smallest absolute Gasteiger partial charge is 0.0538 e. The molecule has 4 heteroatoms. The molecule has 0 spiro atoms.